The summed E-state index contributed by atoms with van der Waals surface area (Å²) in [6.45, 7) is 16.7. The van der Waals surface area contributed by atoms with Crippen molar-refractivity contribution in [3.8, 4) is 57.1 Å². The van der Waals surface area contributed by atoms with Gasteiger partial charge < -0.3 is 82.4 Å². The van der Waals surface area contributed by atoms with Crippen LogP contribution in [0.25, 0.3) is 34.2 Å². The van der Waals surface area contributed by atoms with Crippen LogP contribution < -0.4 is 38.4 Å². The second kappa shape index (κ2) is 34.5. The number of anilines is 1. The predicted molar refractivity (Wildman–Crippen MR) is 378 cm³/mol. The van der Waals surface area contributed by atoms with E-state index in [2.05, 4.69) is 51.6 Å². The number of Topliss-reactive ketones (excluding diaryl/α,β-unsaturated/α-hetero) is 1. The molecule has 10 rings (SSSR count). The third kappa shape index (κ3) is 18.0. The van der Waals surface area contributed by atoms with Gasteiger partial charge in [0.15, 0.2) is 29.6 Å². The number of nitrogens with zero attached hydrogens (tertiary/aromatic N) is 10. The van der Waals surface area contributed by atoms with Gasteiger partial charge in [-0.05, 0) is 121 Å². The molecule has 0 unspecified atom stereocenters. The second-order valence-corrected chi connectivity index (χ2v) is 26.5. The molecule has 4 aromatic heterocycles. The molecule has 0 radical (unpaired) electrons. The van der Waals surface area contributed by atoms with Crippen molar-refractivity contribution in [1.82, 2.24) is 69.9 Å². The number of halogens is 4. The van der Waals surface area contributed by atoms with Gasteiger partial charge in [0.1, 0.15) is 47.1 Å². The lowest BCUT2D eigenvalue weighted by atomic mass is 9.96. The number of amides is 4. The molecule has 109 heavy (non-hydrogen) atoms. The minimum Gasteiger partial charge on any atom is -0.508 e. The van der Waals surface area contributed by atoms with Crippen molar-refractivity contribution in [3.63, 3.8) is 0 Å². The summed E-state index contributed by atoms with van der Waals surface area (Å²) >= 11 is 0. The van der Waals surface area contributed by atoms with Crippen LogP contribution in [0.15, 0.2) is 107 Å². The Balaban J connectivity index is 0.000000233. The number of carbonyl (C=O) groups is 6. The molecule has 2 aliphatic rings. The van der Waals surface area contributed by atoms with Crippen LogP contribution in [-0.4, -0.2) is 205 Å². The highest BCUT2D eigenvalue weighted by Gasteiger charge is 2.60. The van der Waals surface area contributed by atoms with Crippen LogP contribution in [-0.2, 0) is 25.5 Å². The topological polar surface area (TPSA) is 508 Å². The molecule has 0 bridgehead atoms. The van der Waals surface area contributed by atoms with Gasteiger partial charge in [-0.2, -0.15) is 27.5 Å². The molecule has 8 atom stereocenters. The molecule has 6 heterocycles. The third-order valence-corrected chi connectivity index (χ3v) is 17.4. The maximum absolute atomic E-state index is 14.6. The van der Waals surface area contributed by atoms with Crippen molar-refractivity contribution < 1.29 is 102 Å². The number of nitrogen functional groups attached to an aromatic ring is 1. The summed E-state index contributed by atoms with van der Waals surface area (Å²) in [5, 5.41) is 116. The molecule has 0 spiro atoms. The van der Waals surface area contributed by atoms with Crippen LogP contribution in [0.4, 0.5) is 23.4 Å². The van der Waals surface area contributed by atoms with Crippen LogP contribution in [0, 0.1) is 11.8 Å². The number of benzene rings is 4. The molecule has 2 fully saturated rings. The van der Waals surface area contributed by atoms with Crippen molar-refractivity contribution in [1.29, 1.82) is 0 Å². The molecule has 8 aromatic rings. The van der Waals surface area contributed by atoms with Crippen molar-refractivity contribution in [2.75, 3.05) is 32.0 Å². The van der Waals surface area contributed by atoms with Gasteiger partial charge in [0, 0.05) is 60.1 Å². The number of nitrogens with one attached hydrogen (secondary N) is 4. The Bertz CT molecular complexity index is 4780. The number of ketones is 1. The standard InChI is InChI=1S/C36H41F2N7O9.C26H31N5O6.C9H11F2N3O4/c1-6-39-33(52)31-43-42-30(23-14-22(17(2)3)24(47)15-25(23)48)45(31)21-9-7-19(8-10-21)32(51)41-28(18(4)5)26(49)13-20-11-12-44(35(53)40-20)34-36(37,38)29(50)27(16-46)54-34;1-6-27-25(35)23-30-29-22(18-11-17(13(2)3)19(32)12-20(18)33)31(23)16-9-7-15(8-10-16)24(34)28-21(14(4)5)26(36)37;10-9(11)6(16)4(3-15)18-7(9)14-2-1-5(12)13-8(14)17/h7-12,14-15,17-18,27-29,34,46-48,50H,6,13,16H2,1-5H3,(H,39,52)(H,41,51);7-14,21,32-33H,6H2,1-5H3,(H,27,35)(H,28,34)(H,36,37);1-2,4,6-7,15-16H,3H2,(H2,12,13,17)/t27-,28+,29-,34-;21-;4-,6-,7-/m101/s1. The van der Waals surface area contributed by atoms with Crippen molar-refractivity contribution in [2.45, 2.75) is 148 Å². The van der Waals surface area contributed by atoms with Crippen LogP contribution in [0.3, 0.4) is 0 Å². The molecule has 38 heteroatoms. The van der Waals surface area contributed by atoms with E-state index in [1.165, 1.54) is 63.7 Å². The summed E-state index contributed by atoms with van der Waals surface area (Å²) in [4.78, 5) is 108. The van der Waals surface area contributed by atoms with E-state index in [-0.39, 0.29) is 97.8 Å². The molecule has 584 valence electrons. The highest BCUT2D eigenvalue weighted by Crippen LogP contribution is 2.45. The summed E-state index contributed by atoms with van der Waals surface area (Å²) in [5.74, 6) is -13.1. The number of phenols is 4. The van der Waals surface area contributed by atoms with Crippen molar-refractivity contribution in [3.05, 3.63) is 158 Å². The Morgan fingerprint density at radius 3 is 1.27 bits per heavy atom. The maximum Gasteiger partial charge on any atom is 0.351 e. The van der Waals surface area contributed by atoms with E-state index in [4.69, 9.17) is 20.3 Å². The van der Waals surface area contributed by atoms with Gasteiger partial charge in [0.2, 0.25) is 24.1 Å². The average molecular weight is 1530 g/mol. The van der Waals surface area contributed by atoms with E-state index in [1.807, 2.05) is 27.7 Å². The number of aliphatic hydroxyl groups excluding tert-OH is 4. The first-order chi connectivity index (χ1) is 51.3. The monoisotopic (exact) mass is 1530 g/mol. The number of ether oxygens (including phenoxy) is 2. The highest BCUT2D eigenvalue weighted by atomic mass is 19.3. The normalized spacial score (nSPS) is 18.3. The van der Waals surface area contributed by atoms with Gasteiger partial charge in [-0.3, -0.25) is 42.2 Å². The zero-order valence-electron chi connectivity index (χ0n) is 60.4. The van der Waals surface area contributed by atoms with Crippen LogP contribution in [0.2, 0.25) is 0 Å². The summed E-state index contributed by atoms with van der Waals surface area (Å²) in [7, 11) is 0. The van der Waals surface area contributed by atoms with Gasteiger partial charge in [-0.25, -0.2) is 14.4 Å². The molecule has 4 amide bonds. The predicted octanol–water partition coefficient (Wildman–Crippen LogP) is 4.00. The number of aliphatic carboxylic acids is 1. The molecule has 4 aromatic carbocycles. The molecular formula is C71H83F4N15O19. The number of phenolic OH excluding ortho intramolecular Hbond substituents is 4. The number of carboxylic acid groups (broad SMARTS) is 1. The molecular weight excluding hydrogens is 1440 g/mol. The Hall–Kier alpha value is -11.6. The number of alkyl halides is 4. The highest BCUT2D eigenvalue weighted by molar-refractivity contribution is 5.99. The van der Waals surface area contributed by atoms with Crippen LogP contribution in [0.1, 0.15) is 152 Å². The lowest BCUT2D eigenvalue weighted by Gasteiger charge is -2.22. The third-order valence-electron chi connectivity index (χ3n) is 17.4. The van der Waals surface area contributed by atoms with E-state index < -0.39 is 133 Å². The number of aromatic hydroxyl groups is 4. The first-order valence-electron chi connectivity index (χ1n) is 34.1. The van der Waals surface area contributed by atoms with Crippen LogP contribution >= 0.6 is 0 Å². The zero-order chi connectivity index (χ0) is 80.6. The molecule has 2 aliphatic heterocycles. The smallest absolute Gasteiger partial charge is 0.351 e. The van der Waals surface area contributed by atoms with Crippen molar-refractivity contribution in [2.24, 2.45) is 11.8 Å². The summed E-state index contributed by atoms with van der Waals surface area (Å²) in [5.41, 5.74) is 5.68. The lowest BCUT2D eigenvalue weighted by Crippen LogP contribution is -2.45. The molecule has 0 aliphatic carbocycles. The van der Waals surface area contributed by atoms with E-state index in [9.17, 15) is 96.8 Å². The zero-order valence-corrected chi connectivity index (χ0v) is 60.4. The number of carbonyl (C=O) groups excluding carboxylic acids is 5. The number of aliphatic hydroxyl groups is 4. The van der Waals surface area contributed by atoms with Crippen LogP contribution in [0.5, 0.6) is 23.0 Å². The fourth-order valence-corrected chi connectivity index (χ4v) is 11.6. The number of carboxylic acids is 1. The SMILES string of the molecule is CCNC(=O)c1nnc(-c2cc(C(C)C)c(O)cc2O)n1-c1ccc(C(=O)N[C@H](C(=O)Cc2ccn([C@@H]3O[C@H](CO)[C@@H](O)C3(F)F)c(=O)n2)C(C)C)cc1.CCNC(=O)c1nnc(-c2cc(C(C)C)c(O)cc2O)n1-c1ccc(C(=O)N[C@H](C(=O)O)C(C)C)cc1.Nc1ccn([C@@H]2O[C@H](CO)[C@@H](O)C2(F)F)c(=O)n1. The maximum atomic E-state index is 14.6. The van der Waals surface area contributed by atoms with E-state index >= 15 is 0 Å². The van der Waals surface area contributed by atoms with Gasteiger partial charge in [0.25, 0.3) is 23.6 Å². The van der Waals surface area contributed by atoms with Gasteiger partial charge in [-0.1, -0.05) is 55.4 Å². The quantitative estimate of drug-likeness (QED) is 0.0380. The van der Waals surface area contributed by atoms with Gasteiger partial charge in [-0.15, -0.1) is 20.4 Å². The van der Waals surface area contributed by atoms with E-state index in [0.29, 0.717) is 44.7 Å². The summed E-state index contributed by atoms with van der Waals surface area (Å²) in [6, 6.07) is 17.9. The van der Waals surface area contributed by atoms with E-state index in [0.717, 1.165) is 18.5 Å². The number of nitrogens with two attached hydrogens (primary N) is 1. The first kappa shape index (κ1) is 83.1. The molecule has 0 saturated carbocycles. The Labute approximate surface area is 617 Å². The Kier molecular flexibility index (Phi) is 26.3. The fraction of sp³-hybridized carbons (Fsp3) is 0.408. The Morgan fingerprint density at radius 1 is 0.541 bits per heavy atom. The number of hydrogen-bond acceptors (Lipinski definition) is 25. The number of rotatable bonds is 24. The molecule has 15 N–H and O–H groups in total. The second-order valence-electron chi connectivity index (χ2n) is 26.5. The Morgan fingerprint density at radius 2 is 0.927 bits per heavy atom. The summed E-state index contributed by atoms with van der Waals surface area (Å²) < 4.78 is 70.2. The number of hydrogen-bond donors (Lipinski definition) is 14. The minimum absolute atomic E-state index is 0.0432. The van der Waals surface area contributed by atoms with Gasteiger partial charge in [0.05, 0.1) is 42.5 Å². The molecule has 2 saturated heterocycles. The molecule has 34 nitrogen and oxygen atoms in total. The summed E-state index contributed by atoms with van der Waals surface area (Å²) in [6.07, 6.45) is -10.4. The lowest BCUT2D eigenvalue weighted by molar-refractivity contribution is -0.141. The van der Waals surface area contributed by atoms with Gasteiger partial charge >= 0.3 is 29.2 Å². The number of aromatic nitrogens is 10. The fourth-order valence-electron chi connectivity index (χ4n) is 11.6. The van der Waals surface area contributed by atoms with Crippen molar-refractivity contribution >= 4 is 41.2 Å². The van der Waals surface area contributed by atoms with E-state index in [1.54, 1.807) is 65.8 Å². The minimum atomic E-state index is -3.90. The average Bonchev–Trinajstić information content (AvgIpc) is 1.67. The largest absolute Gasteiger partial charge is 0.508 e. The first-order valence-corrected chi connectivity index (χ1v) is 34.1.